The number of ether oxygens (including phenoxy) is 1. The van der Waals surface area contributed by atoms with Gasteiger partial charge >= 0.3 is 6.18 Å². The lowest BCUT2D eigenvalue weighted by molar-refractivity contribution is -0.161. The molecule has 1 fully saturated rings. The summed E-state index contributed by atoms with van der Waals surface area (Å²) >= 11 is 0. The van der Waals surface area contributed by atoms with Gasteiger partial charge in [-0.25, -0.2) is 10.4 Å². The van der Waals surface area contributed by atoms with Gasteiger partial charge in [-0.2, -0.15) is 13.2 Å². The lowest BCUT2D eigenvalue weighted by Crippen LogP contribution is -2.54. The molecule has 0 bridgehead atoms. The highest BCUT2D eigenvalue weighted by atomic mass is 19.4. The van der Waals surface area contributed by atoms with Crippen molar-refractivity contribution in [2.24, 2.45) is 0 Å². The number of nitrogens with one attached hydrogen (secondary N) is 3. The molecule has 31 heavy (non-hydrogen) atoms. The van der Waals surface area contributed by atoms with E-state index < -0.39 is 36.1 Å². The van der Waals surface area contributed by atoms with Crippen molar-refractivity contribution in [2.75, 3.05) is 12.4 Å². The Morgan fingerprint density at radius 3 is 2.45 bits per heavy atom. The number of alkyl halides is 3. The smallest absolute Gasteiger partial charge is 0.406 e. The van der Waals surface area contributed by atoms with Crippen LogP contribution in [0.15, 0.2) is 66.4 Å². The number of fused-ring (bicyclic) bond motifs is 1. The minimum atomic E-state index is -4.61. The second-order valence-electron chi connectivity index (χ2n) is 7.08. The van der Waals surface area contributed by atoms with Crippen LogP contribution in [0.5, 0.6) is 5.75 Å². The molecule has 2 aliphatic rings. The fraction of sp³-hybridized carbons (Fsp3) is 0.238. The molecule has 0 spiro atoms. The van der Waals surface area contributed by atoms with Crippen molar-refractivity contribution >= 4 is 17.5 Å². The number of halogens is 3. The zero-order valence-corrected chi connectivity index (χ0v) is 16.3. The maximum Gasteiger partial charge on any atom is 0.406 e. The molecule has 0 aliphatic carbocycles. The van der Waals surface area contributed by atoms with Gasteiger partial charge in [0.05, 0.1) is 18.7 Å². The van der Waals surface area contributed by atoms with Crippen LogP contribution in [0.2, 0.25) is 0 Å². The quantitative estimate of drug-likeness (QED) is 0.647. The second-order valence-corrected chi connectivity index (χ2v) is 7.08. The highest BCUT2D eigenvalue weighted by molar-refractivity contribution is 6.23. The van der Waals surface area contributed by atoms with Crippen LogP contribution in [0.3, 0.4) is 0 Å². The number of hydrazine groups is 1. The van der Waals surface area contributed by atoms with Crippen molar-refractivity contribution in [3.63, 3.8) is 0 Å². The van der Waals surface area contributed by atoms with Crippen LogP contribution in [-0.2, 0) is 9.59 Å². The summed E-state index contributed by atoms with van der Waals surface area (Å²) in [6.45, 7) is 0. The molecule has 7 nitrogen and oxygen atoms in total. The number of para-hydroxylation sites is 2. The molecular weight excluding hydrogens is 413 g/mol. The van der Waals surface area contributed by atoms with E-state index in [1.54, 1.807) is 54.6 Å². The summed E-state index contributed by atoms with van der Waals surface area (Å²) in [6, 6.07) is 12.7. The molecule has 2 aromatic rings. The first-order valence-corrected chi connectivity index (χ1v) is 9.43. The first-order valence-electron chi connectivity index (χ1n) is 9.43. The van der Waals surface area contributed by atoms with Gasteiger partial charge in [-0.3, -0.25) is 9.59 Å². The van der Waals surface area contributed by atoms with Gasteiger partial charge in [0, 0.05) is 6.20 Å². The molecule has 162 valence electrons. The van der Waals surface area contributed by atoms with Gasteiger partial charge in [0.2, 0.25) is 0 Å². The van der Waals surface area contributed by atoms with Crippen LogP contribution in [-0.4, -0.2) is 42.3 Å². The Bertz CT molecular complexity index is 1030. The van der Waals surface area contributed by atoms with Gasteiger partial charge in [-0.15, -0.1) is 0 Å². The summed E-state index contributed by atoms with van der Waals surface area (Å²) in [5, 5.41) is 6.19. The van der Waals surface area contributed by atoms with Gasteiger partial charge in [0.25, 0.3) is 11.8 Å². The van der Waals surface area contributed by atoms with E-state index in [0.29, 0.717) is 17.0 Å². The highest BCUT2D eigenvalue weighted by Gasteiger charge is 2.57. The lowest BCUT2D eigenvalue weighted by atomic mass is 9.89. The number of hydrogen-bond acceptors (Lipinski definition) is 5. The number of methoxy groups -OCH3 is 1. The molecule has 2 aromatic carbocycles. The first kappa shape index (κ1) is 20.7. The second kappa shape index (κ2) is 7.95. The predicted molar refractivity (Wildman–Crippen MR) is 106 cm³/mol. The molecule has 2 amide bonds. The average Bonchev–Trinajstić information content (AvgIpc) is 3.16. The number of amides is 2. The number of hydrogen-bond donors (Lipinski definition) is 3. The zero-order chi connectivity index (χ0) is 22.2. The average molecular weight is 432 g/mol. The SMILES string of the molecule is COc1ccccc1NC(=O)C1=CNC2C(c3ccccc3)C(C(F)(F)F)NN2C1=O. The summed E-state index contributed by atoms with van der Waals surface area (Å²) in [6.07, 6.45) is -4.46. The molecule has 0 radical (unpaired) electrons. The van der Waals surface area contributed by atoms with Crippen molar-refractivity contribution in [1.82, 2.24) is 15.8 Å². The minimum Gasteiger partial charge on any atom is -0.495 e. The number of nitrogens with zero attached hydrogens (tertiary/aromatic N) is 1. The van der Waals surface area contributed by atoms with E-state index in [1.807, 2.05) is 0 Å². The maximum atomic E-state index is 13.8. The Hall–Kier alpha value is -3.53. The summed E-state index contributed by atoms with van der Waals surface area (Å²) in [5.74, 6) is -2.34. The highest BCUT2D eigenvalue weighted by Crippen LogP contribution is 2.40. The summed E-state index contributed by atoms with van der Waals surface area (Å²) in [4.78, 5) is 25.6. The monoisotopic (exact) mass is 432 g/mol. The maximum absolute atomic E-state index is 13.8. The predicted octanol–water partition coefficient (Wildman–Crippen LogP) is 2.51. The fourth-order valence-corrected chi connectivity index (χ4v) is 3.80. The molecule has 2 heterocycles. The summed E-state index contributed by atoms with van der Waals surface area (Å²) in [7, 11) is 1.43. The molecule has 3 unspecified atom stereocenters. The van der Waals surface area contributed by atoms with Crippen LogP contribution in [0, 0.1) is 0 Å². The molecule has 0 saturated carbocycles. The van der Waals surface area contributed by atoms with E-state index >= 15 is 0 Å². The third-order valence-corrected chi connectivity index (χ3v) is 5.24. The third kappa shape index (κ3) is 3.81. The van der Waals surface area contributed by atoms with Crippen molar-refractivity contribution in [2.45, 2.75) is 24.3 Å². The zero-order valence-electron chi connectivity index (χ0n) is 16.3. The standard InChI is InChI=1S/C21H19F3N4O3/c1-31-15-10-6-5-9-14(15)26-19(29)13-11-25-18-16(12-7-3-2-4-8-12)17(21(22,23)24)27-28(18)20(13)30/h2-11,16-18,25,27H,1H3,(H,26,29). The fourth-order valence-electron chi connectivity index (χ4n) is 3.80. The Morgan fingerprint density at radius 1 is 1.10 bits per heavy atom. The Balaban J connectivity index is 1.61. The molecule has 1 saturated heterocycles. The van der Waals surface area contributed by atoms with Crippen LogP contribution < -0.4 is 20.8 Å². The van der Waals surface area contributed by atoms with Crippen molar-refractivity contribution in [3.8, 4) is 5.75 Å². The Labute approximate surface area is 175 Å². The van der Waals surface area contributed by atoms with E-state index in [0.717, 1.165) is 11.2 Å². The molecule has 4 rings (SSSR count). The molecule has 0 aromatic heterocycles. The van der Waals surface area contributed by atoms with Crippen LogP contribution in [0.1, 0.15) is 11.5 Å². The van der Waals surface area contributed by atoms with Crippen LogP contribution >= 0.6 is 0 Å². The van der Waals surface area contributed by atoms with E-state index in [9.17, 15) is 22.8 Å². The largest absolute Gasteiger partial charge is 0.495 e. The number of carbonyl (C=O) groups excluding carboxylic acids is 2. The van der Waals surface area contributed by atoms with Crippen molar-refractivity contribution < 1.29 is 27.5 Å². The lowest BCUT2D eigenvalue weighted by Gasteiger charge is -2.31. The van der Waals surface area contributed by atoms with E-state index in [2.05, 4.69) is 16.1 Å². The topological polar surface area (TPSA) is 82.7 Å². The number of carbonyl (C=O) groups is 2. The van der Waals surface area contributed by atoms with Crippen LogP contribution in [0.4, 0.5) is 18.9 Å². The first-order chi connectivity index (χ1) is 14.8. The number of rotatable bonds is 4. The summed E-state index contributed by atoms with van der Waals surface area (Å²) < 4.78 is 46.4. The van der Waals surface area contributed by atoms with Gasteiger partial charge in [0.1, 0.15) is 23.5 Å². The minimum absolute atomic E-state index is 0.329. The van der Waals surface area contributed by atoms with E-state index in [1.165, 1.54) is 7.11 Å². The molecule has 3 N–H and O–H groups in total. The molecular formula is C21H19F3N4O3. The van der Waals surface area contributed by atoms with Gasteiger partial charge in [0.15, 0.2) is 0 Å². The Morgan fingerprint density at radius 2 is 1.77 bits per heavy atom. The van der Waals surface area contributed by atoms with Crippen LogP contribution in [0.25, 0.3) is 0 Å². The van der Waals surface area contributed by atoms with E-state index in [4.69, 9.17) is 4.74 Å². The normalized spacial score (nSPS) is 23.0. The molecule has 2 aliphatic heterocycles. The number of benzene rings is 2. The third-order valence-electron chi connectivity index (χ3n) is 5.24. The Kier molecular flexibility index (Phi) is 5.32. The van der Waals surface area contributed by atoms with Crippen molar-refractivity contribution in [1.29, 1.82) is 0 Å². The van der Waals surface area contributed by atoms with Gasteiger partial charge in [-0.1, -0.05) is 42.5 Å². The van der Waals surface area contributed by atoms with E-state index in [-0.39, 0.29) is 5.57 Å². The number of anilines is 1. The molecule has 3 atom stereocenters. The van der Waals surface area contributed by atoms with Gasteiger partial charge in [-0.05, 0) is 17.7 Å². The van der Waals surface area contributed by atoms with Gasteiger partial charge < -0.3 is 15.4 Å². The summed E-state index contributed by atoms with van der Waals surface area (Å²) in [5.41, 5.74) is 2.67. The van der Waals surface area contributed by atoms with Crippen molar-refractivity contribution in [3.05, 3.63) is 71.9 Å². The molecule has 10 heteroatoms.